The first kappa shape index (κ1) is 12.3. The van der Waals surface area contributed by atoms with Crippen LogP contribution in [0.5, 0.6) is 0 Å². The van der Waals surface area contributed by atoms with Gasteiger partial charge in [-0.1, -0.05) is 120 Å². The fourth-order valence-electron chi connectivity index (χ4n) is 3.29. The third-order valence-corrected chi connectivity index (χ3v) is 5.80. The van der Waals surface area contributed by atoms with Crippen LogP contribution in [0, 0.1) is 35.4 Å². The normalized spacial score (nSPS) is 58.0. The van der Waals surface area contributed by atoms with Gasteiger partial charge in [0.1, 0.15) is 5.78 Å². The van der Waals surface area contributed by atoms with E-state index in [1.165, 1.54) is 27.1 Å². The molecule has 6 aliphatic rings. The van der Waals surface area contributed by atoms with Gasteiger partial charge in [-0.3, -0.25) is 9.59 Å². The molecule has 1 amide bonds. The van der Waals surface area contributed by atoms with E-state index in [0.717, 1.165) is 17.9 Å². The van der Waals surface area contributed by atoms with Crippen molar-refractivity contribution in [2.24, 2.45) is 35.4 Å². The van der Waals surface area contributed by atoms with Crippen molar-refractivity contribution in [2.75, 3.05) is 14.1 Å². The van der Waals surface area contributed by atoms with Crippen LogP contribution in [-0.2, 0) is 9.59 Å². The monoisotopic (exact) mass is 726 g/mol. The van der Waals surface area contributed by atoms with E-state index in [-0.39, 0.29) is 32.1 Å². The Hall–Kier alpha value is -1.90. The minimum Gasteiger partial charge on any atom is -0.349 e. The second-order valence-electron chi connectivity index (χ2n) is 9.84. The number of allylic oxidation sites excluding steroid dienone is 6. The molecule has 284 valence electrons. The smallest absolute Gasteiger partial charge is 0.225 e. The molecule has 6 rings (SSSR count). The molecule has 6 fully saturated rings. The molecule has 0 atom stereocenters. The minimum absolute atomic E-state index is 0. The minimum atomic E-state index is -3.33. The lowest BCUT2D eigenvalue weighted by Gasteiger charge is -2.14. The third-order valence-electron chi connectivity index (χ3n) is 5.80. The maximum atomic E-state index is 12.0. The molecule has 3 heteroatoms. The number of rotatable bonds is 6. The standard InChI is InChI=1S/C8H15NO.2C8H14.C7H12O.2C7H12.CH4/c1-9(2)8(10)7-5-3-4-6-7;2*1-2-5-8-6-3-4-7-8;1-6(8)7-4-2-3-5-7;2*1-2-7-5-3-4-6-7;/h7H,3-6H2,1-2H3;2*2,5,8H,3-4,6-7H2,1H3;7H,2-5H2,1H3;2*2,7H,1,3-6H2;1H4/i3D2,4D2,5D2,6D2,7D;3D2,4D2,6D2,7D2,8D;3D2,4D2;2D2,3D2,4D2,5D2,7D;3D2,4D2,5D2,6D2,7D;3D2,4D2;. The first-order chi connectivity index (χ1) is 39.7. The van der Waals surface area contributed by atoms with Crippen molar-refractivity contribution in [3.8, 4) is 0 Å². The SMILES string of the molecule is C.[2H]C1([2H])C([2H])([2H])C([2H])([2H])C([2H])(C(=O)N(C)C)C1([2H])[2H].[2H]C1([2H])C([2H])([2H])C([2H])([2H])C([2H])(C(C)=O)C1([2H])[2H].[2H]C1([2H])C([2H])([2H])C([2H])([2H])C([2H])(C=C)C1([2H])[2H].[2H]C1([2H])C([2H])([2H])C([2H])([2H])C([2H])(C=CC)C1([2H])[2H].[2H]C1([2H])CC(C=C)CC1([2H])[2H].[2H]C1([2H])CC(C=CC)CC1([2H])[2H]. The lowest BCUT2D eigenvalue weighted by atomic mass is 10.0. The highest BCUT2D eigenvalue weighted by Gasteiger charge is 2.23. The van der Waals surface area contributed by atoms with Gasteiger partial charge in [0.15, 0.2) is 0 Å². The summed E-state index contributed by atoms with van der Waals surface area (Å²) >= 11 is 0. The Balaban J connectivity index is 0.00000110. The van der Waals surface area contributed by atoms with Crippen molar-refractivity contribution in [3.63, 3.8) is 0 Å². The topological polar surface area (TPSA) is 37.4 Å². The van der Waals surface area contributed by atoms with Gasteiger partial charge >= 0.3 is 0 Å². The quantitative estimate of drug-likeness (QED) is 0.256. The molecule has 6 saturated carbocycles. The van der Waals surface area contributed by atoms with Crippen LogP contribution in [0.3, 0.4) is 0 Å². The number of ketones is 1. The fraction of sp³-hybridized carbons (Fsp3) is 0.783. The van der Waals surface area contributed by atoms with E-state index in [1.54, 1.807) is 6.08 Å². The molecule has 0 N–H and O–H groups in total. The molecule has 0 radical (unpaired) electrons. The van der Waals surface area contributed by atoms with E-state index in [2.05, 4.69) is 13.2 Å². The lowest BCUT2D eigenvalue weighted by molar-refractivity contribution is -0.132. The number of carbonyl (C=O) groups is 2. The molecule has 49 heavy (non-hydrogen) atoms. The Morgan fingerprint density at radius 2 is 0.980 bits per heavy atom. The first-order valence-electron chi connectivity index (χ1n) is 37.0. The van der Waals surface area contributed by atoms with Gasteiger partial charge < -0.3 is 4.90 Å². The summed E-state index contributed by atoms with van der Waals surface area (Å²) in [6.45, 7) is 10.8. The van der Waals surface area contributed by atoms with Gasteiger partial charge in [0.05, 0.1) is 0 Å². The largest absolute Gasteiger partial charge is 0.349 e. The summed E-state index contributed by atoms with van der Waals surface area (Å²) in [5.74, 6) is -14.1. The number of carbonyl (C=O) groups excluding carboxylic acids is 2. The van der Waals surface area contributed by atoms with Crippen molar-refractivity contribution in [1.29, 1.82) is 0 Å². The molecule has 0 aromatic carbocycles. The summed E-state index contributed by atoms with van der Waals surface area (Å²) in [5.41, 5.74) is 0. The molecule has 0 bridgehead atoms. The number of nitrogens with zero attached hydrogens (tertiary/aromatic N) is 1. The summed E-state index contributed by atoms with van der Waals surface area (Å²) < 4.78 is 331. The van der Waals surface area contributed by atoms with Gasteiger partial charge in [0.2, 0.25) is 5.91 Å². The highest BCUT2D eigenvalue weighted by atomic mass is 16.2. The Morgan fingerprint density at radius 1 is 0.592 bits per heavy atom. The number of hydrogen-bond donors (Lipinski definition) is 0. The summed E-state index contributed by atoms with van der Waals surface area (Å²) in [7, 11) is 2.35. The van der Waals surface area contributed by atoms with Crippen LogP contribution in [0.4, 0.5) is 0 Å². The number of Topliss-reactive ketones (excluding diaryl/α,β-unsaturated/α-hetero) is 1. The molecule has 0 aromatic heterocycles. The van der Waals surface area contributed by atoms with Crippen molar-refractivity contribution >= 4 is 11.7 Å². The zero-order valence-electron chi connectivity index (χ0n) is 72.1. The van der Waals surface area contributed by atoms with Crippen LogP contribution in [-0.4, -0.2) is 30.7 Å². The Morgan fingerprint density at radius 3 is 1.29 bits per heavy atom. The van der Waals surface area contributed by atoms with Gasteiger partial charge in [-0.05, 0) is 121 Å². The van der Waals surface area contributed by atoms with Crippen LogP contribution in [0.25, 0.3) is 0 Å². The van der Waals surface area contributed by atoms with Crippen LogP contribution < -0.4 is 0 Å². The van der Waals surface area contributed by atoms with E-state index < -0.39 is 163 Å². The number of amides is 1. The average Bonchev–Trinajstić information content (AvgIpc) is 1.53. The van der Waals surface area contributed by atoms with E-state index >= 15 is 0 Å². The van der Waals surface area contributed by atoms with Gasteiger partial charge in [-0.15, -0.1) is 13.2 Å². The summed E-state index contributed by atoms with van der Waals surface area (Å²) in [6.07, 6.45) is -48.1. The average molecular weight is 726 g/mol. The summed E-state index contributed by atoms with van der Waals surface area (Å²) in [6, 6.07) is 0. The third kappa shape index (κ3) is 23.2. The summed E-state index contributed by atoms with van der Waals surface area (Å²) in [5, 5.41) is 0. The fourth-order valence-corrected chi connectivity index (χ4v) is 3.29. The predicted octanol–water partition coefficient (Wildman–Crippen LogP) is 13.9. The molecule has 0 unspecified atom stereocenters. The first-order valence-corrected chi connectivity index (χ1v) is 15.0. The van der Waals surface area contributed by atoms with Gasteiger partial charge in [0, 0.05) is 86.2 Å². The molecule has 0 spiro atoms. The van der Waals surface area contributed by atoms with Crippen LogP contribution in [0.15, 0.2) is 49.6 Å². The van der Waals surface area contributed by atoms with Gasteiger partial charge in [0.25, 0.3) is 0 Å². The molecular formula is C46H83NO2. The van der Waals surface area contributed by atoms with Crippen molar-refractivity contribution in [1.82, 2.24) is 4.90 Å². The highest BCUT2D eigenvalue weighted by molar-refractivity contribution is 5.78. The van der Waals surface area contributed by atoms with Crippen molar-refractivity contribution < 1.29 is 69.9 Å². The van der Waals surface area contributed by atoms with Crippen LogP contribution in [0.2, 0.25) is 0 Å². The van der Waals surface area contributed by atoms with Crippen molar-refractivity contribution in [3.05, 3.63) is 49.6 Å². The van der Waals surface area contributed by atoms with E-state index in [9.17, 15) is 9.59 Å². The second kappa shape index (κ2) is 30.9. The van der Waals surface area contributed by atoms with Gasteiger partial charge in [-0.2, -0.15) is 0 Å². The molecule has 3 nitrogen and oxygen atoms in total. The molecule has 0 heterocycles. The van der Waals surface area contributed by atoms with Crippen molar-refractivity contribution in [2.45, 2.75) is 181 Å². The van der Waals surface area contributed by atoms with Gasteiger partial charge in [-0.25, -0.2) is 0 Å². The molecule has 0 aliphatic heterocycles. The molecule has 6 aliphatic carbocycles. The van der Waals surface area contributed by atoms with Crippen LogP contribution >= 0.6 is 0 Å². The number of hydrogen-bond acceptors (Lipinski definition) is 2. The second-order valence-corrected chi connectivity index (χ2v) is 9.84. The lowest BCUT2D eigenvalue weighted by Crippen LogP contribution is -2.27. The maximum Gasteiger partial charge on any atom is 0.225 e. The summed E-state index contributed by atoms with van der Waals surface area (Å²) in [4.78, 5) is 24.1. The zero-order valence-corrected chi connectivity index (χ0v) is 28.1. The Bertz CT molecular complexity index is 2650. The zero-order chi connectivity index (χ0) is 75.0. The molecule has 0 saturated heterocycles. The van der Waals surface area contributed by atoms with E-state index in [0.29, 0.717) is 18.9 Å². The Labute approximate surface area is 368 Å². The molecular weight excluding hydrogens is 599 g/mol. The predicted molar refractivity (Wildman–Crippen MR) is 218 cm³/mol. The molecule has 0 aromatic rings. The van der Waals surface area contributed by atoms with E-state index in [4.69, 9.17) is 60.3 Å². The van der Waals surface area contributed by atoms with Crippen LogP contribution in [0.1, 0.15) is 242 Å². The highest BCUT2D eigenvalue weighted by Crippen LogP contribution is 2.28. The van der Waals surface area contributed by atoms with E-state index in [1.807, 2.05) is 19.1 Å². The maximum absolute atomic E-state index is 12.0. The Kier molecular flexibility index (Phi) is 7.77.